The number of benzene rings is 1. The molecule has 0 saturated heterocycles. The number of hydrogen-bond acceptors (Lipinski definition) is 3. The molecule has 5 nitrogen and oxygen atoms in total. The second kappa shape index (κ2) is 7.19. The highest BCUT2D eigenvalue weighted by Crippen LogP contribution is 2.04. The Kier molecular flexibility index (Phi) is 5.04. The van der Waals surface area contributed by atoms with Crippen LogP contribution in [0.4, 0.5) is 0 Å². The van der Waals surface area contributed by atoms with Gasteiger partial charge in [0.2, 0.25) is 5.91 Å². The van der Waals surface area contributed by atoms with Crippen molar-refractivity contribution in [3.05, 3.63) is 66.0 Å². The van der Waals surface area contributed by atoms with Crippen LogP contribution in [0.3, 0.4) is 0 Å². The van der Waals surface area contributed by atoms with Crippen molar-refractivity contribution in [3.63, 3.8) is 0 Å². The third-order valence-electron chi connectivity index (χ3n) is 3.03. The van der Waals surface area contributed by atoms with E-state index in [-0.39, 0.29) is 18.7 Å². The van der Waals surface area contributed by atoms with E-state index in [2.05, 4.69) is 10.3 Å². The molecule has 21 heavy (non-hydrogen) atoms. The summed E-state index contributed by atoms with van der Waals surface area (Å²) >= 11 is 0. The molecule has 0 unspecified atom stereocenters. The Hall–Kier alpha value is -2.69. The van der Waals surface area contributed by atoms with Gasteiger partial charge in [-0.15, -0.1) is 0 Å². The Balaban J connectivity index is 1.96. The van der Waals surface area contributed by atoms with Crippen LogP contribution in [0.5, 0.6) is 0 Å². The summed E-state index contributed by atoms with van der Waals surface area (Å²) in [6.45, 7) is 0. The van der Waals surface area contributed by atoms with Gasteiger partial charge >= 0.3 is 5.97 Å². The molecule has 2 N–H and O–H groups in total. The molecule has 0 saturated carbocycles. The standard InChI is InChI=1S/C16H16N2O3/c19-15(11-13-6-8-17-9-7-13)18-14(16(20)21)10-12-4-2-1-3-5-12/h1-9,14H,10-11H2,(H,18,19)(H,20,21)/t14-/m0/s1. The molecule has 0 aliphatic rings. The fourth-order valence-corrected chi connectivity index (χ4v) is 1.98. The van der Waals surface area contributed by atoms with Crippen molar-refractivity contribution in [1.29, 1.82) is 0 Å². The Labute approximate surface area is 122 Å². The second-order valence-corrected chi connectivity index (χ2v) is 4.68. The molecule has 0 fully saturated rings. The Bertz CT molecular complexity index is 599. The number of aromatic nitrogens is 1. The minimum atomic E-state index is -1.04. The highest BCUT2D eigenvalue weighted by atomic mass is 16.4. The van der Waals surface area contributed by atoms with Crippen LogP contribution in [-0.2, 0) is 22.4 Å². The van der Waals surface area contributed by atoms with Crippen molar-refractivity contribution in [1.82, 2.24) is 10.3 Å². The van der Waals surface area contributed by atoms with Gasteiger partial charge in [0.05, 0.1) is 6.42 Å². The third kappa shape index (κ3) is 4.72. The minimum absolute atomic E-state index is 0.140. The lowest BCUT2D eigenvalue weighted by Crippen LogP contribution is -2.43. The first-order chi connectivity index (χ1) is 10.1. The van der Waals surface area contributed by atoms with E-state index in [0.29, 0.717) is 0 Å². The van der Waals surface area contributed by atoms with Crippen LogP contribution >= 0.6 is 0 Å². The van der Waals surface area contributed by atoms with Crippen LogP contribution in [0, 0.1) is 0 Å². The van der Waals surface area contributed by atoms with E-state index < -0.39 is 12.0 Å². The maximum absolute atomic E-state index is 11.9. The first-order valence-electron chi connectivity index (χ1n) is 6.60. The molecule has 2 aromatic rings. The SMILES string of the molecule is O=C(Cc1ccncc1)N[C@@H](Cc1ccccc1)C(=O)O. The molecular formula is C16H16N2O3. The highest BCUT2D eigenvalue weighted by molar-refractivity contribution is 5.85. The third-order valence-corrected chi connectivity index (χ3v) is 3.03. The number of aliphatic carboxylic acids is 1. The first kappa shape index (κ1) is 14.7. The molecule has 1 heterocycles. The minimum Gasteiger partial charge on any atom is -0.480 e. The fraction of sp³-hybridized carbons (Fsp3) is 0.188. The van der Waals surface area contributed by atoms with Crippen LogP contribution in [0.1, 0.15) is 11.1 Å². The number of nitrogens with zero attached hydrogens (tertiary/aromatic N) is 1. The van der Waals surface area contributed by atoms with Crippen molar-refractivity contribution in [2.75, 3.05) is 0 Å². The quantitative estimate of drug-likeness (QED) is 0.841. The number of amides is 1. The number of carboxylic acids is 1. The Morgan fingerprint density at radius 1 is 1.05 bits per heavy atom. The number of carboxylic acid groups (broad SMARTS) is 1. The number of carbonyl (C=O) groups excluding carboxylic acids is 1. The van der Waals surface area contributed by atoms with Gasteiger partial charge in [-0.2, -0.15) is 0 Å². The molecule has 5 heteroatoms. The zero-order valence-corrected chi connectivity index (χ0v) is 11.4. The summed E-state index contributed by atoms with van der Waals surface area (Å²) in [6.07, 6.45) is 3.60. The van der Waals surface area contributed by atoms with Crippen molar-refractivity contribution in [2.24, 2.45) is 0 Å². The molecule has 0 aliphatic carbocycles. The van der Waals surface area contributed by atoms with Crippen LogP contribution in [0.15, 0.2) is 54.9 Å². The normalized spacial score (nSPS) is 11.6. The number of nitrogens with one attached hydrogen (secondary N) is 1. The van der Waals surface area contributed by atoms with Gasteiger partial charge in [0.15, 0.2) is 0 Å². The lowest BCUT2D eigenvalue weighted by atomic mass is 10.1. The summed E-state index contributed by atoms with van der Waals surface area (Å²) in [5.74, 6) is -1.36. The van der Waals surface area contributed by atoms with Crippen LogP contribution in [-0.4, -0.2) is 28.0 Å². The zero-order chi connectivity index (χ0) is 15.1. The van der Waals surface area contributed by atoms with Gasteiger partial charge in [0.25, 0.3) is 0 Å². The van der Waals surface area contributed by atoms with Gasteiger partial charge in [-0.3, -0.25) is 9.78 Å². The number of pyridine rings is 1. The lowest BCUT2D eigenvalue weighted by molar-refractivity contribution is -0.141. The molecule has 0 aliphatic heterocycles. The molecule has 108 valence electrons. The van der Waals surface area contributed by atoms with E-state index in [1.807, 2.05) is 30.3 Å². The van der Waals surface area contributed by atoms with Crippen molar-refractivity contribution in [2.45, 2.75) is 18.9 Å². The second-order valence-electron chi connectivity index (χ2n) is 4.68. The average molecular weight is 284 g/mol. The van der Waals surface area contributed by atoms with Gasteiger partial charge in [-0.05, 0) is 23.3 Å². The van der Waals surface area contributed by atoms with Gasteiger partial charge in [-0.1, -0.05) is 30.3 Å². The van der Waals surface area contributed by atoms with Crippen molar-refractivity contribution in [3.8, 4) is 0 Å². The largest absolute Gasteiger partial charge is 0.480 e. The summed E-state index contributed by atoms with van der Waals surface area (Å²) in [6, 6.07) is 11.7. The van der Waals surface area contributed by atoms with E-state index >= 15 is 0 Å². The van der Waals surface area contributed by atoms with Gasteiger partial charge in [-0.25, -0.2) is 4.79 Å². The molecule has 0 bridgehead atoms. The molecule has 0 radical (unpaired) electrons. The summed E-state index contributed by atoms with van der Waals surface area (Å²) in [4.78, 5) is 27.1. The van der Waals surface area contributed by atoms with E-state index in [9.17, 15) is 14.7 Å². The fourth-order valence-electron chi connectivity index (χ4n) is 1.98. The van der Waals surface area contributed by atoms with E-state index in [1.54, 1.807) is 24.5 Å². The van der Waals surface area contributed by atoms with Crippen LogP contribution < -0.4 is 5.32 Å². The van der Waals surface area contributed by atoms with E-state index in [4.69, 9.17) is 0 Å². The summed E-state index contributed by atoms with van der Waals surface area (Å²) in [5.41, 5.74) is 1.67. The molecular weight excluding hydrogens is 268 g/mol. The van der Waals surface area contributed by atoms with E-state index in [1.165, 1.54) is 0 Å². The molecule has 2 rings (SSSR count). The predicted molar refractivity (Wildman–Crippen MR) is 77.7 cm³/mol. The van der Waals surface area contributed by atoms with Crippen molar-refractivity contribution < 1.29 is 14.7 Å². The highest BCUT2D eigenvalue weighted by Gasteiger charge is 2.20. The molecule has 0 spiro atoms. The molecule has 1 aromatic heterocycles. The first-order valence-corrected chi connectivity index (χ1v) is 6.60. The molecule has 1 atom stereocenters. The number of rotatable bonds is 6. The Morgan fingerprint density at radius 3 is 2.33 bits per heavy atom. The average Bonchev–Trinajstić information content (AvgIpc) is 2.48. The summed E-state index contributed by atoms with van der Waals surface area (Å²) in [7, 11) is 0. The topological polar surface area (TPSA) is 79.3 Å². The smallest absolute Gasteiger partial charge is 0.326 e. The zero-order valence-electron chi connectivity index (χ0n) is 11.4. The van der Waals surface area contributed by atoms with Crippen molar-refractivity contribution >= 4 is 11.9 Å². The maximum Gasteiger partial charge on any atom is 0.326 e. The summed E-state index contributed by atoms with van der Waals surface area (Å²) in [5, 5.41) is 11.8. The number of hydrogen-bond donors (Lipinski definition) is 2. The summed E-state index contributed by atoms with van der Waals surface area (Å²) < 4.78 is 0. The maximum atomic E-state index is 11.9. The van der Waals surface area contributed by atoms with Crippen LogP contribution in [0.25, 0.3) is 0 Å². The van der Waals surface area contributed by atoms with Gasteiger partial charge < -0.3 is 10.4 Å². The van der Waals surface area contributed by atoms with Crippen LogP contribution in [0.2, 0.25) is 0 Å². The van der Waals surface area contributed by atoms with E-state index in [0.717, 1.165) is 11.1 Å². The van der Waals surface area contributed by atoms with Gasteiger partial charge in [0.1, 0.15) is 6.04 Å². The lowest BCUT2D eigenvalue weighted by Gasteiger charge is -2.14. The number of carbonyl (C=O) groups is 2. The Morgan fingerprint density at radius 2 is 1.71 bits per heavy atom. The monoisotopic (exact) mass is 284 g/mol. The molecule has 1 aromatic carbocycles. The molecule has 1 amide bonds. The predicted octanol–water partition coefficient (Wildman–Crippen LogP) is 1.44. The van der Waals surface area contributed by atoms with Gasteiger partial charge in [0, 0.05) is 18.8 Å².